The van der Waals surface area contributed by atoms with Gasteiger partial charge in [-0.15, -0.1) is 0 Å². The SMILES string of the molecule is COc1c(N2CCC(C)CC2C)c2nc3oc2c2c(OC)c(C)c4c(c12)C(O)C(C)(OC#C[C@H](OC)C(C)[C@@H](O)[C@H](C)[C@H](O)[C@H](C)[C@@H](O)[C@@H](C)/C=C/C=C\3C)O4. The van der Waals surface area contributed by atoms with Crippen molar-refractivity contribution in [1.29, 1.82) is 0 Å². The van der Waals surface area contributed by atoms with Crippen LogP contribution in [-0.2, 0) is 9.47 Å². The maximum Gasteiger partial charge on any atom is 0.288 e. The molecule has 12 heteroatoms. The number of hydrogen-bond donors (Lipinski definition) is 4. The molecular weight excluding hydrogens is 716 g/mol. The van der Waals surface area contributed by atoms with Crippen LogP contribution in [0, 0.1) is 48.5 Å². The van der Waals surface area contributed by atoms with E-state index in [1.54, 1.807) is 41.9 Å². The summed E-state index contributed by atoms with van der Waals surface area (Å²) in [6.45, 7) is 17.8. The zero-order chi connectivity index (χ0) is 41.0. The summed E-state index contributed by atoms with van der Waals surface area (Å²) in [5.41, 5.74) is 3.65. The Balaban J connectivity index is 1.64. The van der Waals surface area contributed by atoms with Crippen LogP contribution in [0.3, 0.4) is 0 Å². The van der Waals surface area contributed by atoms with Gasteiger partial charge in [0.1, 0.15) is 34.9 Å². The molecule has 0 spiro atoms. The highest BCUT2D eigenvalue weighted by Gasteiger charge is 2.50. The predicted molar refractivity (Wildman–Crippen MR) is 216 cm³/mol. The topological polar surface area (TPSA) is 156 Å². The molecule has 3 aliphatic rings. The quantitative estimate of drug-likeness (QED) is 0.209. The van der Waals surface area contributed by atoms with E-state index >= 15 is 0 Å². The molecule has 56 heavy (non-hydrogen) atoms. The second kappa shape index (κ2) is 16.1. The van der Waals surface area contributed by atoms with E-state index in [1.807, 2.05) is 39.0 Å². The minimum atomic E-state index is -1.67. The van der Waals surface area contributed by atoms with E-state index in [0.717, 1.165) is 30.6 Å². The first-order valence-electron chi connectivity index (χ1n) is 19.8. The first kappa shape index (κ1) is 41.6. The Bertz CT molecular complexity index is 2060. The molecule has 0 saturated carbocycles. The van der Waals surface area contributed by atoms with Crippen LogP contribution >= 0.6 is 0 Å². The number of methoxy groups -OCH3 is 3. The van der Waals surface area contributed by atoms with Crippen molar-refractivity contribution in [2.45, 2.75) is 118 Å². The second-order valence-corrected chi connectivity index (χ2v) is 16.6. The van der Waals surface area contributed by atoms with Crippen molar-refractivity contribution in [2.75, 3.05) is 32.8 Å². The van der Waals surface area contributed by atoms with Crippen LogP contribution in [-0.4, -0.2) is 89.5 Å². The van der Waals surface area contributed by atoms with Gasteiger partial charge in [-0.05, 0) is 45.5 Å². The number of aromatic nitrogens is 1. The van der Waals surface area contributed by atoms with E-state index in [1.165, 1.54) is 7.11 Å². The molecule has 0 amide bonds. The third kappa shape index (κ3) is 7.00. The number of benzene rings is 2. The number of rotatable bonds is 4. The molecule has 12 nitrogen and oxygen atoms in total. The number of fused-ring (bicyclic) bond motifs is 2. The summed E-state index contributed by atoms with van der Waals surface area (Å²) < 4.78 is 37.5. The largest absolute Gasteiger partial charge is 0.496 e. The number of allylic oxidation sites excluding steroid dienone is 3. The normalized spacial score (nSPS) is 35.6. The van der Waals surface area contributed by atoms with Gasteiger partial charge < -0.3 is 53.4 Å². The second-order valence-electron chi connectivity index (χ2n) is 16.6. The molecule has 306 valence electrons. The molecule has 4 heterocycles. The maximum atomic E-state index is 12.3. The fraction of sp³-hybridized carbons (Fsp3) is 0.614. The molecule has 3 aliphatic heterocycles. The van der Waals surface area contributed by atoms with Gasteiger partial charge in [-0.25, -0.2) is 4.98 Å². The Kier molecular flexibility index (Phi) is 12.0. The average molecular weight is 777 g/mol. The molecule has 6 bridgehead atoms. The number of aliphatic hydroxyl groups is 4. The van der Waals surface area contributed by atoms with Gasteiger partial charge in [-0.1, -0.05) is 52.8 Å². The van der Waals surface area contributed by atoms with E-state index < -0.39 is 54.1 Å². The monoisotopic (exact) mass is 776 g/mol. The van der Waals surface area contributed by atoms with Gasteiger partial charge in [0.25, 0.3) is 5.79 Å². The molecule has 4 N–H and O–H groups in total. The first-order chi connectivity index (χ1) is 26.5. The average Bonchev–Trinajstić information content (AvgIpc) is 3.73. The zero-order valence-corrected chi connectivity index (χ0v) is 34.8. The molecule has 0 aliphatic carbocycles. The molecule has 1 fully saturated rings. The minimum absolute atomic E-state index is 0.150. The first-order valence-corrected chi connectivity index (χ1v) is 19.8. The lowest BCUT2D eigenvalue weighted by Gasteiger charge is -2.39. The Labute approximate surface area is 330 Å². The minimum Gasteiger partial charge on any atom is -0.496 e. The lowest BCUT2D eigenvalue weighted by atomic mass is 9.78. The summed E-state index contributed by atoms with van der Waals surface area (Å²) >= 11 is 0. The van der Waals surface area contributed by atoms with Crippen LogP contribution in [0.1, 0.15) is 91.4 Å². The molecule has 6 rings (SSSR count). The van der Waals surface area contributed by atoms with Crippen molar-refractivity contribution in [1.82, 2.24) is 4.98 Å². The van der Waals surface area contributed by atoms with Gasteiger partial charge in [0.15, 0.2) is 17.4 Å². The van der Waals surface area contributed by atoms with Crippen LogP contribution in [0.4, 0.5) is 5.69 Å². The van der Waals surface area contributed by atoms with Crippen molar-refractivity contribution >= 4 is 33.1 Å². The number of nitrogens with zero attached hydrogens (tertiary/aromatic N) is 2. The van der Waals surface area contributed by atoms with Crippen molar-refractivity contribution in [2.24, 2.45) is 29.6 Å². The molecule has 1 aromatic heterocycles. The van der Waals surface area contributed by atoms with E-state index in [9.17, 15) is 20.4 Å². The highest BCUT2D eigenvalue weighted by molar-refractivity contribution is 6.18. The molecular formula is C44H60N2O10. The van der Waals surface area contributed by atoms with Gasteiger partial charge in [-0.2, -0.15) is 0 Å². The van der Waals surface area contributed by atoms with Crippen LogP contribution < -0.4 is 19.1 Å². The molecule has 1 saturated heterocycles. The summed E-state index contributed by atoms with van der Waals surface area (Å²) in [6.07, 6.45) is 5.15. The van der Waals surface area contributed by atoms with Crippen molar-refractivity contribution in [3.63, 3.8) is 0 Å². The van der Waals surface area contributed by atoms with Crippen molar-refractivity contribution in [3.05, 3.63) is 35.2 Å². The van der Waals surface area contributed by atoms with E-state index in [2.05, 4.69) is 30.8 Å². The third-order valence-corrected chi connectivity index (χ3v) is 12.6. The predicted octanol–water partition coefficient (Wildman–Crippen LogP) is 6.67. The van der Waals surface area contributed by atoms with Crippen LogP contribution in [0.25, 0.3) is 27.4 Å². The van der Waals surface area contributed by atoms with Gasteiger partial charge in [0.05, 0.1) is 37.9 Å². The molecule has 3 aromatic rings. The molecule has 12 atom stereocenters. The number of anilines is 1. The number of piperidine rings is 1. The summed E-state index contributed by atoms with van der Waals surface area (Å²) in [7, 11) is 4.68. The number of oxazole rings is 1. The number of hydrogen-bond acceptors (Lipinski definition) is 12. The van der Waals surface area contributed by atoms with Crippen LogP contribution in [0.5, 0.6) is 17.2 Å². The molecule has 2 aromatic carbocycles. The Morgan fingerprint density at radius 3 is 2.20 bits per heavy atom. The van der Waals surface area contributed by atoms with Crippen molar-refractivity contribution in [3.8, 4) is 29.3 Å². The van der Waals surface area contributed by atoms with Crippen LogP contribution in [0.2, 0.25) is 0 Å². The van der Waals surface area contributed by atoms with E-state index in [0.29, 0.717) is 62.1 Å². The van der Waals surface area contributed by atoms with E-state index in [4.69, 9.17) is 33.1 Å². The fourth-order valence-electron chi connectivity index (χ4n) is 8.97. The summed E-state index contributed by atoms with van der Waals surface area (Å²) in [6, 6.07) is 0.150. The Morgan fingerprint density at radius 2 is 1.55 bits per heavy atom. The van der Waals surface area contributed by atoms with Gasteiger partial charge in [-0.3, -0.25) is 0 Å². The summed E-state index contributed by atoms with van der Waals surface area (Å²) in [5.74, 6) is 1.48. The lowest BCUT2D eigenvalue weighted by Crippen LogP contribution is -2.45. The number of ether oxygens (including phenoxy) is 5. The van der Waals surface area contributed by atoms with E-state index in [-0.39, 0.29) is 12.0 Å². The van der Waals surface area contributed by atoms with Crippen molar-refractivity contribution < 1.29 is 48.5 Å². The summed E-state index contributed by atoms with van der Waals surface area (Å²) in [5, 5.41) is 47.5. The van der Waals surface area contributed by atoms with Gasteiger partial charge >= 0.3 is 0 Å². The third-order valence-electron chi connectivity index (χ3n) is 12.6. The molecule has 0 radical (unpaired) electrons. The zero-order valence-electron chi connectivity index (χ0n) is 34.8. The highest BCUT2D eigenvalue weighted by Crippen LogP contribution is 2.58. The lowest BCUT2D eigenvalue weighted by molar-refractivity contribution is -0.172. The van der Waals surface area contributed by atoms with Gasteiger partial charge in [0, 0.05) is 72.4 Å². The highest BCUT2D eigenvalue weighted by atomic mass is 16.7. The Morgan fingerprint density at radius 1 is 0.893 bits per heavy atom. The number of aliphatic hydroxyl groups excluding tert-OH is 4. The summed E-state index contributed by atoms with van der Waals surface area (Å²) in [4.78, 5) is 7.45. The Hall–Kier alpha value is -3.99. The smallest absolute Gasteiger partial charge is 0.288 e. The molecule has 5 unspecified atom stereocenters. The van der Waals surface area contributed by atoms with Crippen LogP contribution in [0.15, 0.2) is 22.6 Å². The van der Waals surface area contributed by atoms with Gasteiger partial charge in [0.2, 0.25) is 5.89 Å². The standard InChI is InChI=1S/C44H60N2O10/c1-21-16-18-46(24(4)20-21)34-33-40-31-30(41(34)53-12)32-39(28(8)38(31)52-11)56-44(9,42(32)50)54-19-17-29(51-10)25(5)36(48)27(7)37(49)26(6)35(47)22(2)14-13-15-23(3)43(45-33)55-40/h13-15,21-22,24-27,29,35-37,42,47-50H,16,18,20H2,1-12H3/b14-13+,23-15-/t21?,22-,24?,25?,26+,27-,29-,35-,36+,37+,42?,44?/m0/s1. The maximum absolute atomic E-state index is 12.3. The fourth-order valence-corrected chi connectivity index (χ4v) is 8.97.